The number of carbonyl (C=O) groups is 1. The van der Waals surface area contributed by atoms with Crippen molar-refractivity contribution in [3.63, 3.8) is 0 Å². The van der Waals surface area contributed by atoms with Crippen LogP contribution in [-0.4, -0.2) is 65.7 Å². The Morgan fingerprint density at radius 1 is 1.30 bits per heavy atom. The lowest BCUT2D eigenvalue weighted by Gasteiger charge is -2.36. The van der Waals surface area contributed by atoms with Gasteiger partial charge in [-0.25, -0.2) is 0 Å². The minimum Gasteiger partial charge on any atom is -0.497 e. The third-order valence-corrected chi connectivity index (χ3v) is 5.14. The van der Waals surface area contributed by atoms with Crippen LogP contribution >= 0.6 is 0 Å². The van der Waals surface area contributed by atoms with E-state index in [1.54, 1.807) is 14.0 Å². The number of ether oxygens (including phenoxy) is 2. The number of rotatable bonds is 4. The van der Waals surface area contributed by atoms with Gasteiger partial charge in [-0.3, -0.25) is 9.69 Å². The maximum Gasteiger partial charge on any atom is 0.229 e. The highest BCUT2D eigenvalue weighted by atomic mass is 16.5. The van der Waals surface area contributed by atoms with Gasteiger partial charge < -0.3 is 18.9 Å². The molecule has 0 radical (unpaired) electrons. The van der Waals surface area contributed by atoms with Gasteiger partial charge in [0.25, 0.3) is 0 Å². The predicted octanol–water partition coefficient (Wildman–Crippen LogP) is 1.28. The maximum absolute atomic E-state index is 12.9. The molecule has 0 unspecified atom stereocenters. The van der Waals surface area contributed by atoms with E-state index in [1.165, 1.54) is 0 Å². The summed E-state index contributed by atoms with van der Waals surface area (Å²) in [6.07, 6.45) is 0.688. The van der Waals surface area contributed by atoms with Crippen LogP contribution in [0.3, 0.4) is 0 Å². The molecule has 2 aromatic rings. The Morgan fingerprint density at radius 2 is 2.11 bits per heavy atom. The smallest absolute Gasteiger partial charge is 0.229 e. The van der Waals surface area contributed by atoms with Gasteiger partial charge in [-0.2, -0.15) is 4.98 Å². The predicted molar refractivity (Wildman–Crippen MR) is 96.6 cm³/mol. The van der Waals surface area contributed by atoms with Crippen LogP contribution in [0.15, 0.2) is 22.7 Å². The molecule has 1 atom stereocenters. The van der Waals surface area contributed by atoms with Crippen molar-refractivity contribution in [1.82, 2.24) is 19.9 Å². The number of fused-ring (bicyclic) bond motifs is 1. The number of hydrogen-bond donors (Lipinski definition) is 0. The fraction of sp³-hybridized carbons (Fsp3) is 0.526. The fourth-order valence-electron chi connectivity index (χ4n) is 3.65. The van der Waals surface area contributed by atoms with Gasteiger partial charge in [-0.15, -0.1) is 0 Å². The molecule has 0 aliphatic carbocycles. The number of piperazine rings is 1. The van der Waals surface area contributed by atoms with Crippen LogP contribution in [-0.2, 0) is 17.8 Å². The van der Waals surface area contributed by atoms with E-state index in [0.717, 1.165) is 30.2 Å². The quantitative estimate of drug-likeness (QED) is 0.800. The Morgan fingerprint density at radius 3 is 2.81 bits per heavy atom. The van der Waals surface area contributed by atoms with Gasteiger partial charge in [0.05, 0.1) is 19.6 Å². The highest BCUT2D eigenvalue weighted by Gasteiger charge is 2.31. The molecule has 27 heavy (non-hydrogen) atoms. The average Bonchev–Trinajstić information content (AvgIpc) is 3.11. The SMILES string of the molecule is COc1ccc2c(c1)C[C@H](C(=O)N1CCN(Cc3noc(C)n3)CC1)CO2. The lowest BCUT2D eigenvalue weighted by molar-refractivity contribution is -0.138. The van der Waals surface area contributed by atoms with Gasteiger partial charge >= 0.3 is 0 Å². The van der Waals surface area contributed by atoms with Crippen LogP contribution in [0.4, 0.5) is 0 Å². The molecule has 8 heteroatoms. The van der Waals surface area contributed by atoms with Crippen molar-refractivity contribution < 1.29 is 18.8 Å². The molecule has 1 saturated heterocycles. The summed E-state index contributed by atoms with van der Waals surface area (Å²) in [5, 5.41) is 3.94. The number of nitrogens with zero attached hydrogens (tertiary/aromatic N) is 4. The molecular weight excluding hydrogens is 348 g/mol. The van der Waals surface area contributed by atoms with E-state index in [9.17, 15) is 4.79 Å². The zero-order chi connectivity index (χ0) is 18.8. The van der Waals surface area contributed by atoms with Gasteiger partial charge in [0.1, 0.15) is 18.1 Å². The summed E-state index contributed by atoms with van der Waals surface area (Å²) in [6, 6.07) is 5.75. The number of amides is 1. The first-order valence-electron chi connectivity index (χ1n) is 9.22. The number of benzene rings is 1. The molecule has 2 aliphatic heterocycles. The molecule has 1 aromatic carbocycles. The zero-order valence-electron chi connectivity index (χ0n) is 15.7. The first-order chi connectivity index (χ1) is 13.1. The number of aromatic nitrogens is 2. The first kappa shape index (κ1) is 17.8. The van der Waals surface area contributed by atoms with Gasteiger partial charge in [0.15, 0.2) is 5.82 Å². The van der Waals surface area contributed by atoms with E-state index in [-0.39, 0.29) is 11.8 Å². The van der Waals surface area contributed by atoms with Crippen molar-refractivity contribution in [2.75, 3.05) is 39.9 Å². The second-order valence-electron chi connectivity index (χ2n) is 7.02. The Hall–Kier alpha value is -2.61. The van der Waals surface area contributed by atoms with E-state index in [1.807, 2.05) is 23.1 Å². The van der Waals surface area contributed by atoms with Crippen molar-refractivity contribution in [2.45, 2.75) is 19.9 Å². The molecule has 0 spiro atoms. The first-order valence-corrected chi connectivity index (χ1v) is 9.22. The highest BCUT2D eigenvalue weighted by molar-refractivity contribution is 5.80. The van der Waals surface area contributed by atoms with Crippen molar-refractivity contribution in [3.8, 4) is 11.5 Å². The molecule has 1 fully saturated rings. The second-order valence-corrected chi connectivity index (χ2v) is 7.02. The summed E-state index contributed by atoms with van der Waals surface area (Å²) in [7, 11) is 1.64. The van der Waals surface area contributed by atoms with Crippen LogP contribution < -0.4 is 9.47 Å². The Labute approximate surface area is 158 Å². The van der Waals surface area contributed by atoms with Crippen LogP contribution in [0.25, 0.3) is 0 Å². The number of carbonyl (C=O) groups excluding carboxylic acids is 1. The number of methoxy groups -OCH3 is 1. The van der Waals surface area contributed by atoms with Crippen LogP contribution in [0.1, 0.15) is 17.3 Å². The molecule has 1 aromatic heterocycles. The van der Waals surface area contributed by atoms with Crippen molar-refractivity contribution in [3.05, 3.63) is 35.5 Å². The Bertz CT molecular complexity index is 814. The lowest BCUT2D eigenvalue weighted by Crippen LogP contribution is -2.51. The normalized spacial score (nSPS) is 20.1. The van der Waals surface area contributed by atoms with E-state index < -0.39 is 0 Å². The Kier molecular flexibility index (Phi) is 4.98. The van der Waals surface area contributed by atoms with Gasteiger partial charge in [-0.05, 0) is 30.2 Å². The molecule has 0 bridgehead atoms. The number of aryl methyl sites for hydroxylation is 1. The monoisotopic (exact) mass is 372 g/mol. The van der Waals surface area contributed by atoms with E-state index >= 15 is 0 Å². The maximum atomic E-state index is 12.9. The average molecular weight is 372 g/mol. The molecule has 0 N–H and O–H groups in total. The summed E-state index contributed by atoms with van der Waals surface area (Å²) >= 11 is 0. The molecule has 1 amide bonds. The standard InChI is InChI=1S/C19H24N4O4/c1-13-20-18(21-27-13)11-22-5-7-23(8-6-22)19(24)15-9-14-10-16(25-2)3-4-17(14)26-12-15/h3-4,10,15H,5-9,11-12H2,1-2H3/t15-/m0/s1. The minimum atomic E-state index is -0.143. The topological polar surface area (TPSA) is 80.9 Å². The third kappa shape index (κ3) is 3.90. The summed E-state index contributed by atoms with van der Waals surface area (Å²) in [6.45, 7) is 5.88. The summed E-state index contributed by atoms with van der Waals surface area (Å²) in [4.78, 5) is 21.4. The third-order valence-electron chi connectivity index (χ3n) is 5.14. The summed E-state index contributed by atoms with van der Waals surface area (Å²) < 4.78 is 16.1. The largest absolute Gasteiger partial charge is 0.497 e. The summed E-state index contributed by atoms with van der Waals surface area (Å²) in [5.41, 5.74) is 1.03. The van der Waals surface area contributed by atoms with E-state index in [4.69, 9.17) is 14.0 Å². The number of hydrogen-bond acceptors (Lipinski definition) is 7. The van der Waals surface area contributed by atoms with Crippen LogP contribution in [0.2, 0.25) is 0 Å². The van der Waals surface area contributed by atoms with Gasteiger partial charge in [0.2, 0.25) is 11.8 Å². The molecule has 3 heterocycles. The van der Waals surface area contributed by atoms with Crippen LogP contribution in [0.5, 0.6) is 11.5 Å². The van der Waals surface area contributed by atoms with Crippen LogP contribution in [0, 0.1) is 12.8 Å². The minimum absolute atomic E-state index is 0.143. The molecule has 144 valence electrons. The molecule has 2 aliphatic rings. The Balaban J connectivity index is 1.32. The molecule has 4 rings (SSSR count). The highest BCUT2D eigenvalue weighted by Crippen LogP contribution is 2.31. The molecule has 0 saturated carbocycles. The van der Waals surface area contributed by atoms with Crippen molar-refractivity contribution in [1.29, 1.82) is 0 Å². The van der Waals surface area contributed by atoms with Gasteiger partial charge in [0, 0.05) is 33.1 Å². The molecular formula is C19H24N4O4. The lowest BCUT2D eigenvalue weighted by atomic mass is 9.95. The van der Waals surface area contributed by atoms with Crippen molar-refractivity contribution in [2.24, 2.45) is 5.92 Å². The van der Waals surface area contributed by atoms with Crippen molar-refractivity contribution >= 4 is 5.91 Å². The van der Waals surface area contributed by atoms with Gasteiger partial charge in [-0.1, -0.05) is 5.16 Å². The zero-order valence-corrected chi connectivity index (χ0v) is 15.7. The fourth-order valence-corrected chi connectivity index (χ4v) is 3.65. The van der Waals surface area contributed by atoms with E-state index in [2.05, 4.69) is 15.0 Å². The molecule has 8 nitrogen and oxygen atoms in total. The second kappa shape index (κ2) is 7.56. The van der Waals surface area contributed by atoms with E-state index in [0.29, 0.717) is 44.4 Å². The summed E-state index contributed by atoms with van der Waals surface area (Å²) in [5.74, 6) is 2.93.